The Labute approximate surface area is 142 Å². The van der Waals surface area contributed by atoms with E-state index in [1.807, 2.05) is 6.07 Å². The van der Waals surface area contributed by atoms with Crippen molar-refractivity contribution in [2.45, 2.75) is 18.9 Å². The lowest BCUT2D eigenvalue weighted by atomic mass is 10.2. The molecule has 0 amide bonds. The van der Waals surface area contributed by atoms with E-state index in [2.05, 4.69) is 15.3 Å². The molecule has 1 aromatic heterocycles. The van der Waals surface area contributed by atoms with Gasteiger partial charge in [-0.25, -0.2) is 13.4 Å². The molecule has 1 saturated heterocycles. The van der Waals surface area contributed by atoms with Crippen molar-refractivity contribution in [2.24, 2.45) is 10.7 Å². The highest BCUT2D eigenvalue weighted by Gasteiger charge is 2.30. The summed E-state index contributed by atoms with van der Waals surface area (Å²) >= 11 is 0. The van der Waals surface area contributed by atoms with E-state index in [1.54, 1.807) is 18.3 Å². The first-order valence-electron chi connectivity index (χ1n) is 6.41. The highest BCUT2D eigenvalue weighted by atomic mass is 127. The van der Waals surface area contributed by atoms with Crippen LogP contribution in [0.25, 0.3) is 0 Å². The second-order valence-electron chi connectivity index (χ2n) is 4.74. The first-order chi connectivity index (χ1) is 9.47. The average molecular weight is 425 g/mol. The molecule has 21 heavy (non-hydrogen) atoms. The maximum absolute atomic E-state index is 11.6. The quantitative estimate of drug-likeness (QED) is 0.423. The summed E-state index contributed by atoms with van der Waals surface area (Å²) in [5, 5.41) is 2.87. The Morgan fingerprint density at radius 3 is 2.95 bits per heavy atom. The zero-order valence-electron chi connectivity index (χ0n) is 11.8. The minimum atomic E-state index is -3.17. The molecule has 2 heterocycles. The number of aromatic nitrogens is 1. The topological polar surface area (TPSA) is 101 Å². The lowest BCUT2D eigenvalue weighted by Crippen LogP contribution is -2.37. The standard InChI is InChI=1S/C12H19N5O2S.HI/c1-20(18,19)17-8-4-5-10(17)9-15-12(13)16-11-6-2-3-7-14-11;/h2-3,6-7,10H,4-5,8-9H2,1H3,(H3,13,14,15,16);1H/t10-;/m1./s1. The van der Waals surface area contributed by atoms with Crippen LogP contribution in [0.1, 0.15) is 12.8 Å². The van der Waals surface area contributed by atoms with Gasteiger partial charge in [0.2, 0.25) is 10.0 Å². The summed E-state index contributed by atoms with van der Waals surface area (Å²) < 4.78 is 24.7. The molecule has 0 radical (unpaired) electrons. The average Bonchev–Trinajstić information content (AvgIpc) is 2.86. The summed E-state index contributed by atoms with van der Waals surface area (Å²) in [4.78, 5) is 8.28. The molecule has 2 rings (SSSR count). The second-order valence-corrected chi connectivity index (χ2v) is 6.67. The summed E-state index contributed by atoms with van der Waals surface area (Å²) in [6, 6.07) is 5.32. The minimum Gasteiger partial charge on any atom is -0.370 e. The van der Waals surface area contributed by atoms with Gasteiger partial charge in [-0.15, -0.1) is 24.0 Å². The van der Waals surface area contributed by atoms with Gasteiger partial charge in [0.25, 0.3) is 0 Å². The number of nitrogens with one attached hydrogen (secondary N) is 1. The molecule has 1 aromatic rings. The fourth-order valence-electron chi connectivity index (χ4n) is 2.24. The van der Waals surface area contributed by atoms with Crippen molar-refractivity contribution in [2.75, 3.05) is 24.7 Å². The van der Waals surface area contributed by atoms with Crippen LogP contribution in [0.3, 0.4) is 0 Å². The van der Waals surface area contributed by atoms with Crippen LogP contribution in [0.2, 0.25) is 0 Å². The third-order valence-electron chi connectivity index (χ3n) is 3.14. The first-order valence-corrected chi connectivity index (χ1v) is 8.26. The number of nitrogens with two attached hydrogens (primary N) is 1. The molecular formula is C12H20IN5O2S. The smallest absolute Gasteiger partial charge is 0.211 e. The molecular weight excluding hydrogens is 405 g/mol. The third-order valence-corrected chi connectivity index (χ3v) is 4.48. The van der Waals surface area contributed by atoms with Crippen LogP contribution >= 0.6 is 24.0 Å². The number of aliphatic imine (C=N–C) groups is 1. The molecule has 118 valence electrons. The number of rotatable bonds is 4. The molecule has 0 unspecified atom stereocenters. The molecule has 1 atom stereocenters. The number of sulfonamides is 1. The summed E-state index contributed by atoms with van der Waals surface area (Å²) in [5.41, 5.74) is 5.77. The van der Waals surface area contributed by atoms with Gasteiger partial charge < -0.3 is 11.1 Å². The predicted molar refractivity (Wildman–Crippen MR) is 94.3 cm³/mol. The van der Waals surface area contributed by atoms with Crippen molar-refractivity contribution < 1.29 is 8.42 Å². The maximum Gasteiger partial charge on any atom is 0.211 e. The van der Waals surface area contributed by atoms with E-state index in [0.717, 1.165) is 12.8 Å². The summed E-state index contributed by atoms with van der Waals surface area (Å²) in [7, 11) is -3.17. The molecule has 0 spiro atoms. The van der Waals surface area contributed by atoms with Gasteiger partial charge in [-0.2, -0.15) is 4.31 Å². The monoisotopic (exact) mass is 425 g/mol. The van der Waals surface area contributed by atoms with E-state index in [9.17, 15) is 8.42 Å². The maximum atomic E-state index is 11.6. The van der Waals surface area contributed by atoms with Crippen molar-refractivity contribution in [3.05, 3.63) is 24.4 Å². The first kappa shape index (κ1) is 18.1. The van der Waals surface area contributed by atoms with Crippen LogP contribution in [0.15, 0.2) is 29.4 Å². The molecule has 1 aliphatic rings. The number of hydrogen-bond acceptors (Lipinski definition) is 4. The number of pyridine rings is 1. The molecule has 3 N–H and O–H groups in total. The zero-order valence-corrected chi connectivity index (χ0v) is 14.9. The van der Waals surface area contributed by atoms with Crippen LogP contribution in [0.5, 0.6) is 0 Å². The number of halogens is 1. The Bertz CT molecular complexity index is 579. The Kier molecular flexibility index (Phi) is 6.81. The minimum absolute atomic E-state index is 0. The molecule has 0 saturated carbocycles. The van der Waals surface area contributed by atoms with Crippen molar-refractivity contribution in [3.63, 3.8) is 0 Å². The van der Waals surface area contributed by atoms with Gasteiger partial charge in [0.1, 0.15) is 5.82 Å². The lowest BCUT2D eigenvalue weighted by Gasteiger charge is -2.20. The van der Waals surface area contributed by atoms with Gasteiger partial charge in [-0.1, -0.05) is 6.07 Å². The van der Waals surface area contributed by atoms with E-state index < -0.39 is 10.0 Å². The molecule has 1 aliphatic heterocycles. The summed E-state index contributed by atoms with van der Waals surface area (Å²) in [6.45, 7) is 0.922. The van der Waals surface area contributed by atoms with Crippen LogP contribution in [0.4, 0.5) is 5.82 Å². The van der Waals surface area contributed by atoms with Gasteiger partial charge in [0, 0.05) is 18.8 Å². The zero-order chi connectivity index (χ0) is 14.6. The Morgan fingerprint density at radius 1 is 1.57 bits per heavy atom. The van der Waals surface area contributed by atoms with Gasteiger partial charge in [-0.05, 0) is 25.0 Å². The SMILES string of the molecule is CS(=O)(=O)N1CCC[C@@H]1CN=C(N)Nc1ccccn1.I. The van der Waals surface area contributed by atoms with Crippen LogP contribution in [-0.2, 0) is 10.0 Å². The molecule has 1 fully saturated rings. The van der Waals surface area contributed by atoms with Crippen LogP contribution in [-0.4, -0.2) is 49.1 Å². The fourth-order valence-corrected chi connectivity index (χ4v) is 3.41. The van der Waals surface area contributed by atoms with E-state index in [0.29, 0.717) is 18.9 Å². The van der Waals surface area contributed by atoms with Crippen LogP contribution < -0.4 is 11.1 Å². The molecule has 0 bridgehead atoms. The summed E-state index contributed by atoms with van der Waals surface area (Å²) in [5.74, 6) is 0.851. The van der Waals surface area contributed by atoms with Gasteiger partial charge in [-0.3, -0.25) is 4.99 Å². The number of guanidine groups is 1. The number of anilines is 1. The highest BCUT2D eigenvalue weighted by Crippen LogP contribution is 2.20. The molecule has 9 heteroatoms. The van der Waals surface area contributed by atoms with E-state index in [-0.39, 0.29) is 36.0 Å². The molecule has 0 aliphatic carbocycles. The van der Waals surface area contributed by atoms with Crippen molar-refractivity contribution in [1.29, 1.82) is 0 Å². The van der Waals surface area contributed by atoms with Gasteiger partial charge >= 0.3 is 0 Å². The third kappa shape index (κ3) is 5.40. The van der Waals surface area contributed by atoms with E-state index >= 15 is 0 Å². The Morgan fingerprint density at radius 2 is 2.33 bits per heavy atom. The molecule has 0 aromatic carbocycles. The van der Waals surface area contributed by atoms with Crippen molar-refractivity contribution in [3.8, 4) is 0 Å². The van der Waals surface area contributed by atoms with E-state index in [1.165, 1.54) is 10.6 Å². The normalized spacial score (nSPS) is 20.0. The van der Waals surface area contributed by atoms with E-state index in [4.69, 9.17) is 5.73 Å². The predicted octanol–water partition coefficient (Wildman–Crippen LogP) is 0.850. The van der Waals surface area contributed by atoms with Gasteiger partial charge in [0.05, 0.1) is 12.8 Å². The Balaban J connectivity index is 0.00000220. The lowest BCUT2D eigenvalue weighted by molar-refractivity contribution is 0.397. The van der Waals surface area contributed by atoms with Crippen molar-refractivity contribution in [1.82, 2.24) is 9.29 Å². The Hall–Kier alpha value is -0.940. The van der Waals surface area contributed by atoms with Crippen molar-refractivity contribution >= 4 is 45.8 Å². The number of hydrogen-bond donors (Lipinski definition) is 2. The largest absolute Gasteiger partial charge is 0.370 e. The number of nitrogens with zero attached hydrogens (tertiary/aromatic N) is 3. The van der Waals surface area contributed by atoms with Crippen LogP contribution in [0, 0.1) is 0 Å². The second kappa shape index (κ2) is 7.90. The highest BCUT2D eigenvalue weighted by molar-refractivity contribution is 14.0. The van der Waals surface area contributed by atoms with Gasteiger partial charge in [0.15, 0.2) is 5.96 Å². The molecule has 7 nitrogen and oxygen atoms in total. The summed E-state index contributed by atoms with van der Waals surface area (Å²) in [6.07, 6.45) is 4.55. The fraction of sp³-hybridized carbons (Fsp3) is 0.500.